The standard InChI is InChI=1S/C25H18N2O5/c1-14-22(24(29)27(26-14)19-6-3-16(4-7-19)15(2)28)12-20-8-10-23(32-20)17-5-9-21-18(11-17)13-31-25(21)30/h3-12H,13H2,1-2H3/b22-12-. The van der Waals surface area contributed by atoms with Crippen molar-refractivity contribution in [3.63, 3.8) is 0 Å². The summed E-state index contributed by atoms with van der Waals surface area (Å²) in [7, 11) is 0. The van der Waals surface area contributed by atoms with Gasteiger partial charge in [0, 0.05) is 16.7 Å². The molecular formula is C25H18N2O5. The van der Waals surface area contributed by atoms with Crippen LogP contribution in [0.5, 0.6) is 0 Å². The maximum atomic E-state index is 13.0. The summed E-state index contributed by atoms with van der Waals surface area (Å²) in [5.41, 5.74) is 4.36. The van der Waals surface area contributed by atoms with Crippen molar-refractivity contribution in [2.24, 2.45) is 5.10 Å². The second-order valence-electron chi connectivity index (χ2n) is 7.61. The molecule has 2 aliphatic heterocycles. The number of carbonyl (C=O) groups excluding carboxylic acids is 3. The Bertz CT molecular complexity index is 1340. The lowest BCUT2D eigenvalue weighted by molar-refractivity contribution is -0.114. The molecule has 5 rings (SSSR count). The first-order chi connectivity index (χ1) is 15.4. The lowest BCUT2D eigenvalue weighted by Crippen LogP contribution is -2.21. The van der Waals surface area contributed by atoms with Crippen LogP contribution in [-0.2, 0) is 16.1 Å². The van der Waals surface area contributed by atoms with E-state index in [1.807, 2.05) is 12.1 Å². The van der Waals surface area contributed by atoms with E-state index in [0.29, 0.717) is 39.6 Å². The molecule has 1 amide bonds. The highest BCUT2D eigenvalue weighted by atomic mass is 16.5. The molecule has 1 aromatic heterocycles. The lowest BCUT2D eigenvalue weighted by Gasteiger charge is -2.11. The largest absolute Gasteiger partial charge is 0.457 e. The average molecular weight is 426 g/mol. The molecule has 0 N–H and O–H groups in total. The van der Waals surface area contributed by atoms with E-state index in [1.54, 1.807) is 55.5 Å². The summed E-state index contributed by atoms with van der Waals surface area (Å²) in [5.74, 6) is 0.506. The third-order valence-corrected chi connectivity index (χ3v) is 5.46. The molecule has 0 atom stereocenters. The van der Waals surface area contributed by atoms with Gasteiger partial charge in [-0.25, -0.2) is 4.79 Å². The topological polar surface area (TPSA) is 89.2 Å². The predicted molar refractivity (Wildman–Crippen MR) is 118 cm³/mol. The molecule has 7 heteroatoms. The van der Waals surface area contributed by atoms with Gasteiger partial charge in [-0.2, -0.15) is 10.1 Å². The molecule has 0 radical (unpaired) electrons. The van der Waals surface area contributed by atoms with Crippen molar-refractivity contribution >= 4 is 35.1 Å². The van der Waals surface area contributed by atoms with Gasteiger partial charge in [0.25, 0.3) is 5.91 Å². The Hall–Kier alpha value is -4.26. The van der Waals surface area contributed by atoms with Gasteiger partial charge in [0.05, 0.1) is 22.5 Å². The Labute approximate surface area is 183 Å². The van der Waals surface area contributed by atoms with Gasteiger partial charge in [0.2, 0.25) is 0 Å². The number of anilines is 1. The number of fused-ring (bicyclic) bond motifs is 1. The molecule has 3 aromatic rings. The van der Waals surface area contributed by atoms with E-state index in [2.05, 4.69) is 5.10 Å². The number of rotatable bonds is 4. The van der Waals surface area contributed by atoms with Crippen LogP contribution in [0.3, 0.4) is 0 Å². The third-order valence-electron chi connectivity index (χ3n) is 5.46. The van der Waals surface area contributed by atoms with Gasteiger partial charge in [0.15, 0.2) is 5.78 Å². The first kappa shape index (κ1) is 19.7. The highest BCUT2D eigenvalue weighted by molar-refractivity contribution is 6.32. The van der Waals surface area contributed by atoms with Gasteiger partial charge < -0.3 is 9.15 Å². The van der Waals surface area contributed by atoms with E-state index in [4.69, 9.17) is 9.15 Å². The molecular weight excluding hydrogens is 408 g/mol. The van der Waals surface area contributed by atoms with Crippen molar-refractivity contribution in [2.45, 2.75) is 20.5 Å². The van der Waals surface area contributed by atoms with Crippen molar-refractivity contribution in [2.75, 3.05) is 5.01 Å². The van der Waals surface area contributed by atoms with Crippen LogP contribution in [0.2, 0.25) is 0 Å². The van der Waals surface area contributed by atoms with E-state index in [9.17, 15) is 14.4 Å². The molecule has 3 heterocycles. The van der Waals surface area contributed by atoms with E-state index in [0.717, 1.165) is 11.1 Å². The molecule has 32 heavy (non-hydrogen) atoms. The number of hydrazone groups is 1. The molecule has 0 bridgehead atoms. The lowest BCUT2D eigenvalue weighted by atomic mass is 10.0. The zero-order chi connectivity index (χ0) is 22.4. The number of esters is 1. The molecule has 0 fully saturated rings. The number of ether oxygens (including phenoxy) is 1. The minimum atomic E-state index is -0.314. The van der Waals surface area contributed by atoms with Crippen molar-refractivity contribution in [3.05, 3.63) is 82.6 Å². The van der Waals surface area contributed by atoms with Crippen molar-refractivity contribution < 1.29 is 23.5 Å². The minimum absolute atomic E-state index is 0.0410. The number of Topliss-reactive ketones (excluding diaryl/α,β-unsaturated/α-hetero) is 1. The number of nitrogens with zero attached hydrogens (tertiary/aromatic N) is 2. The summed E-state index contributed by atoms with van der Waals surface area (Å²) in [6, 6.07) is 15.7. The first-order valence-corrected chi connectivity index (χ1v) is 10.0. The fourth-order valence-corrected chi connectivity index (χ4v) is 3.71. The van der Waals surface area contributed by atoms with Gasteiger partial charge >= 0.3 is 5.97 Å². The monoisotopic (exact) mass is 426 g/mol. The first-order valence-electron chi connectivity index (χ1n) is 10.0. The van der Waals surface area contributed by atoms with Crippen LogP contribution in [-0.4, -0.2) is 23.4 Å². The number of amides is 1. The number of hydrogen-bond acceptors (Lipinski definition) is 6. The summed E-state index contributed by atoms with van der Waals surface area (Å²) in [5, 5.41) is 5.67. The Balaban J connectivity index is 1.40. The van der Waals surface area contributed by atoms with Crippen LogP contribution >= 0.6 is 0 Å². The van der Waals surface area contributed by atoms with Gasteiger partial charge in [-0.15, -0.1) is 0 Å². The van der Waals surface area contributed by atoms with Gasteiger partial charge in [-0.05, 0) is 68.5 Å². The zero-order valence-electron chi connectivity index (χ0n) is 17.4. The SMILES string of the molecule is CC(=O)c1ccc(N2N=C(C)/C(=C/c3ccc(-c4ccc5c(c4)COC5=O)o3)C2=O)cc1. The normalized spacial score (nSPS) is 16.4. The Morgan fingerprint density at radius 1 is 1.06 bits per heavy atom. The smallest absolute Gasteiger partial charge is 0.338 e. The Kier molecular flexibility index (Phi) is 4.59. The Morgan fingerprint density at radius 3 is 2.59 bits per heavy atom. The molecule has 0 aliphatic carbocycles. The van der Waals surface area contributed by atoms with E-state index >= 15 is 0 Å². The molecule has 0 saturated carbocycles. The van der Waals surface area contributed by atoms with Crippen molar-refractivity contribution in [3.8, 4) is 11.3 Å². The maximum absolute atomic E-state index is 13.0. The zero-order valence-corrected chi connectivity index (χ0v) is 17.4. The highest BCUT2D eigenvalue weighted by Crippen LogP contribution is 2.30. The van der Waals surface area contributed by atoms with E-state index in [-0.39, 0.29) is 24.3 Å². The van der Waals surface area contributed by atoms with Crippen LogP contribution in [0.1, 0.15) is 45.9 Å². The number of hydrogen-bond donors (Lipinski definition) is 0. The minimum Gasteiger partial charge on any atom is -0.457 e. The number of benzene rings is 2. The molecule has 7 nitrogen and oxygen atoms in total. The summed E-state index contributed by atoms with van der Waals surface area (Å²) in [6.07, 6.45) is 1.66. The molecule has 2 aliphatic rings. The number of carbonyl (C=O) groups is 3. The van der Waals surface area contributed by atoms with Crippen LogP contribution < -0.4 is 5.01 Å². The van der Waals surface area contributed by atoms with Crippen LogP contribution in [0.4, 0.5) is 5.69 Å². The molecule has 0 saturated heterocycles. The van der Waals surface area contributed by atoms with Gasteiger partial charge in [-0.3, -0.25) is 9.59 Å². The number of cyclic esters (lactones) is 1. The number of ketones is 1. The predicted octanol–water partition coefficient (Wildman–Crippen LogP) is 4.63. The molecule has 0 unspecified atom stereocenters. The molecule has 0 spiro atoms. The quantitative estimate of drug-likeness (QED) is 0.345. The summed E-state index contributed by atoms with van der Waals surface area (Å²) >= 11 is 0. The average Bonchev–Trinajstić information content (AvgIpc) is 3.48. The summed E-state index contributed by atoms with van der Waals surface area (Å²) in [6.45, 7) is 3.51. The van der Waals surface area contributed by atoms with Crippen molar-refractivity contribution in [1.29, 1.82) is 0 Å². The van der Waals surface area contributed by atoms with Gasteiger partial charge in [0.1, 0.15) is 18.1 Å². The summed E-state index contributed by atoms with van der Waals surface area (Å²) in [4.78, 5) is 36.1. The maximum Gasteiger partial charge on any atom is 0.338 e. The van der Waals surface area contributed by atoms with Crippen molar-refractivity contribution in [1.82, 2.24) is 0 Å². The second-order valence-corrected chi connectivity index (χ2v) is 7.61. The summed E-state index contributed by atoms with van der Waals surface area (Å²) < 4.78 is 11.0. The Morgan fingerprint density at radius 2 is 1.84 bits per heavy atom. The fourth-order valence-electron chi connectivity index (χ4n) is 3.71. The molecule has 158 valence electrons. The fraction of sp³-hybridized carbons (Fsp3) is 0.120. The van der Waals surface area contributed by atoms with E-state index in [1.165, 1.54) is 11.9 Å². The second kappa shape index (κ2) is 7.46. The van der Waals surface area contributed by atoms with Gasteiger partial charge in [-0.1, -0.05) is 6.07 Å². The van der Waals surface area contributed by atoms with Crippen LogP contribution in [0.15, 0.2) is 69.7 Å². The van der Waals surface area contributed by atoms with Crippen LogP contribution in [0.25, 0.3) is 17.4 Å². The third kappa shape index (κ3) is 3.33. The number of furan rings is 1. The van der Waals surface area contributed by atoms with Crippen LogP contribution in [0, 0.1) is 0 Å². The van der Waals surface area contributed by atoms with E-state index < -0.39 is 0 Å². The highest BCUT2D eigenvalue weighted by Gasteiger charge is 2.29. The molecule has 2 aromatic carbocycles.